The molecule has 1 saturated carbocycles. The average molecular weight is 229 g/mol. The molecule has 1 aromatic heterocycles. The van der Waals surface area contributed by atoms with Crippen LogP contribution in [0.25, 0.3) is 10.9 Å². The van der Waals surface area contributed by atoms with Gasteiger partial charge in [-0.05, 0) is 43.0 Å². The van der Waals surface area contributed by atoms with Gasteiger partial charge in [-0.1, -0.05) is 19.3 Å². The van der Waals surface area contributed by atoms with E-state index in [4.69, 9.17) is 4.74 Å². The first-order chi connectivity index (χ1) is 8.36. The van der Waals surface area contributed by atoms with E-state index in [-0.39, 0.29) is 0 Å². The van der Waals surface area contributed by atoms with E-state index in [1.807, 2.05) is 6.07 Å². The van der Waals surface area contributed by atoms with E-state index in [2.05, 4.69) is 23.2 Å². The van der Waals surface area contributed by atoms with Crippen molar-refractivity contribution < 1.29 is 4.74 Å². The molecular weight excluding hydrogens is 210 g/mol. The Bertz CT molecular complexity index is 509. The summed E-state index contributed by atoms with van der Waals surface area (Å²) in [5, 5.41) is 1.27. The number of fused-ring (bicyclic) bond motifs is 1. The third kappa shape index (κ3) is 2.04. The number of hydrogen-bond donors (Lipinski definition) is 1. The van der Waals surface area contributed by atoms with Crippen LogP contribution in [0.15, 0.2) is 24.3 Å². The largest absolute Gasteiger partial charge is 0.497 e. The van der Waals surface area contributed by atoms with Crippen molar-refractivity contribution >= 4 is 10.9 Å². The first-order valence-corrected chi connectivity index (χ1v) is 6.53. The minimum Gasteiger partial charge on any atom is -0.497 e. The first kappa shape index (κ1) is 10.7. The fourth-order valence-corrected chi connectivity index (χ4v) is 2.89. The van der Waals surface area contributed by atoms with Gasteiger partial charge in [0.05, 0.1) is 7.11 Å². The van der Waals surface area contributed by atoms with E-state index in [0.717, 1.165) is 11.7 Å². The summed E-state index contributed by atoms with van der Waals surface area (Å²) in [6, 6.07) is 8.54. The number of benzene rings is 1. The smallest absolute Gasteiger partial charge is 0.119 e. The van der Waals surface area contributed by atoms with Gasteiger partial charge in [0.1, 0.15) is 5.75 Å². The summed E-state index contributed by atoms with van der Waals surface area (Å²) in [5.74, 6) is 1.67. The number of aromatic nitrogens is 1. The van der Waals surface area contributed by atoms with E-state index in [0.29, 0.717) is 0 Å². The van der Waals surface area contributed by atoms with Gasteiger partial charge in [0, 0.05) is 16.6 Å². The first-order valence-electron chi connectivity index (χ1n) is 6.53. The predicted molar refractivity (Wildman–Crippen MR) is 70.7 cm³/mol. The van der Waals surface area contributed by atoms with Crippen LogP contribution in [0.3, 0.4) is 0 Å². The molecule has 1 heterocycles. The lowest BCUT2D eigenvalue weighted by atomic mass is 9.87. The van der Waals surface area contributed by atoms with Gasteiger partial charge < -0.3 is 9.72 Å². The van der Waals surface area contributed by atoms with Crippen molar-refractivity contribution in [3.8, 4) is 5.75 Å². The van der Waals surface area contributed by atoms with E-state index < -0.39 is 0 Å². The van der Waals surface area contributed by atoms with Gasteiger partial charge in [0.15, 0.2) is 0 Å². The molecule has 0 aliphatic heterocycles. The van der Waals surface area contributed by atoms with Crippen LogP contribution < -0.4 is 4.74 Å². The molecule has 1 N–H and O–H groups in total. The van der Waals surface area contributed by atoms with Crippen molar-refractivity contribution in [1.29, 1.82) is 0 Å². The summed E-state index contributed by atoms with van der Waals surface area (Å²) in [6.07, 6.45) is 6.84. The van der Waals surface area contributed by atoms with Gasteiger partial charge >= 0.3 is 0 Å². The number of nitrogens with one attached hydrogen (secondary N) is 1. The van der Waals surface area contributed by atoms with Crippen molar-refractivity contribution in [3.63, 3.8) is 0 Å². The zero-order valence-corrected chi connectivity index (χ0v) is 10.3. The molecule has 0 saturated heterocycles. The van der Waals surface area contributed by atoms with Crippen LogP contribution in [0.5, 0.6) is 5.75 Å². The summed E-state index contributed by atoms with van der Waals surface area (Å²) < 4.78 is 5.26. The van der Waals surface area contributed by atoms with Crippen LogP contribution >= 0.6 is 0 Å². The van der Waals surface area contributed by atoms with Gasteiger partial charge in [-0.25, -0.2) is 0 Å². The Balaban J connectivity index is 1.95. The standard InChI is InChI=1S/C15H19NO/c1-17-13-7-8-14-12(9-13)10-15(16-14)11-5-3-2-4-6-11/h7-11,16H,2-6H2,1H3. The summed E-state index contributed by atoms with van der Waals surface area (Å²) >= 11 is 0. The lowest BCUT2D eigenvalue weighted by molar-refractivity contribution is 0.415. The quantitative estimate of drug-likeness (QED) is 0.819. The fraction of sp³-hybridized carbons (Fsp3) is 0.467. The number of rotatable bonds is 2. The van der Waals surface area contributed by atoms with Crippen LogP contribution in [-0.2, 0) is 0 Å². The Labute approximate surface area is 102 Å². The van der Waals surface area contributed by atoms with Crippen molar-refractivity contribution in [3.05, 3.63) is 30.0 Å². The van der Waals surface area contributed by atoms with E-state index in [9.17, 15) is 0 Å². The maximum Gasteiger partial charge on any atom is 0.119 e. The summed E-state index contributed by atoms with van der Waals surface area (Å²) in [6.45, 7) is 0. The molecule has 0 amide bonds. The number of H-pyrrole nitrogens is 1. The summed E-state index contributed by atoms with van der Waals surface area (Å²) in [5.41, 5.74) is 2.64. The molecule has 2 nitrogen and oxygen atoms in total. The monoisotopic (exact) mass is 229 g/mol. The SMILES string of the molecule is COc1ccc2[nH]c(C3CCCCC3)cc2c1. The predicted octanol–water partition coefficient (Wildman–Crippen LogP) is 4.22. The molecule has 2 aromatic rings. The molecule has 90 valence electrons. The van der Waals surface area contributed by atoms with Crippen LogP contribution in [0.1, 0.15) is 43.7 Å². The molecule has 1 aliphatic rings. The molecule has 17 heavy (non-hydrogen) atoms. The minimum absolute atomic E-state index is 0.738. The van der Waals surface area contributed by atoms with Crippen LogP contribution in [-0.4, -0.2) is 12.1 Å². The Morgan fingerprint density at radius 2 is 1.94 bits per heavy atom. The molecule has 0 bridgehead atoms. The van der Waals surface area contributed by atoms with Crippen molar-refractivity contribution in [2.45, 2.75) is 38.0 Å². The topological polar surface area (TPSA) is 25.0 Å². The molecule has 0 atom stereocenters. The van der Waals surface area contributed by atoms with Gasteiger partial charge in [-0.2, -0.15) is 0 Å². The number of ether oxygens (including phenoxy) is 1. The maximum absolute atomic E-state index is 5.26. The Morgan fingerprint density at radius 1 is 1.12 bits per heavy atom. The molecule has 0 spiro atoms. The minimum atomic E-state index is 0.738. The summed E-state index contributed by atoms with van der Waals surface area (Å²) in [4.78, 5) is 3.56. The number of aromatic amines is 1. The fourth-order valence-electron chi connectivity index (χ4n) is 2.89. The second-order valence-corrected chi connectivity index (χ2v) is 5.01. The summed E-state index contributed by atoms with van der Waals surface area (Å²) in [7, 11) is 1.72. The van der Waals surface area contributed by atoms with Crippen molar-refractivity contribution in [2.24, 2.45) is 0 Å². The highest BCUT2D eigenvalue weighted by atomic mass is 16.5. The highest BCUT2D eigenvalue weighted by Gasteiger charge is 2.17. The highest BCUT2D eigenvalue weighted by molar-refractivity contribution is 5.82. The highest BCUT2D eigenvalue weighted by Crippen LogP contribution is 2.34. The van der Waals surface area contributed by atoms with Crippen LogP contribution in [0.2, 0.25) is 0 Å². The lowest BCUT2D eigenvalue weighted by Gasteiger charge is -2.20. The van der Waals surface area contributed by atoms with Crippen molar-refractivity contribution in [1.82, 2.24) is 4.98 Å². The second kappa shape index (κ2) is 4.44. The van der Waals surface area contributed by atoms with Gasteiger partial charge in [0.2, 0.25) is 0 Å². The normalized spacial score (nSPS) is 17.5. The van der Waals surface area contributed by atoms with Gasteiger partial charge in [0.25, 0.3) is 0 Å². The molecule has 3 rings (SSSR count). The Kier molecular flexibility index (Phi) is 2.79. The molecule has 2 heteroatoms. The third-order valence-electron chi connectivity index (χ3n) is 3.89. The van der Waals surface area contributed by atoms with Crippen molar-refractivity contribution in [2.75, 3.05) is 7.11 Å². The van der Waals surface area contributed by atoms with E-state index in [1.165, 1.54) is 48.7 Å². The van der Waals surface area contributed by atoms with E-state index >= 15 is 0 Å². The number of hydrogen-bond acceptors (Lipinski definition) is 1. The molecule has 1 aromatic carbocycles. The second-order valence-electron chi connectivity index (χ2n) is 5.01. The lowest BCUT2D eigenvalue weighted by Crippen LogP contribution is -2.04. The molecule has 0 radical (unpaired) electrons. The van der Waals surface area contributed by atoms with Crippen LogP contribution in [0, 0.1) is 0 Å². The van der Waals surface area contributed by atoms with E-state index in [1.54, 1.807) is 7.11 Å². The Hall–Kier alpha value is -1.44. The molecule has 1 aliphatic carbocycles. The average Bonchev–Trinajstić information content (AvgIpc) is 2.82. The maximum atomic E-state index is 5.26. The van der Waals surface area contributed by atoms with Gasteiger partial charge in [-0.3, -0.25) is 0 Å². The Morgan fingerprint density at radius 3 is 2.71 bits per heavy atom. The zero-order chi connectivity index (χ0) is 11.7. The van der Waals surface area contributed by atoms with Crippen LogP contribution in [0.4, 0.5) is 0 Å². The number of methoxy groups -OCH3 is 1. The van der Waals surface area contributed by atoms with Gasteiger partial charge in [-0.15, -0.1) is 0 Å². The molecule has 1 fully saturated rings. The molecular formula is C15H19NO. The molecule has 0 unspecified atom stereocenters. The third-order valence-corrected chi connectivity index (χ3v) is 3.89. The zero-order valence-electron chi connectivity index (χ0n) is 10.3.